The van der Waals surface area contributed by atoms with Crippen molar-refractivity contribution in [3.8, 4) is 5.75 Å². The second-order valence-corrected chi connectivity index (χ2v) is 9.40. The number of benzene rings is 1. The predicted octanol–water partition coefficient (Wildman–Crippen LogP) is 4.06. The molecule has 33 heavy (non-hydrogen) atoms. The number of nitrogens with zero attached hydrogens (tertiary/aromatic N) is 1. The number of hydrogen-bond donors (Lipinski definition) is 3. The van der Waals surface area contributed by atoms with Crippen molar-refractivity contribution >= 4 is 17.9 Å². The van der Waals surface area contributed by atoms with E-state index in [1.54, 1.807) is 18.2 Å². The maximum absolute atomic E-state index is 13.1. The molecule has 0 unspecified atom stereocenters. The third-order valence-corrected chi connectivity index (χ3v) is 6.93. The lowest BCUT2D eigenvalue weighted by Crippen LogP contribution is -2.39. The molecule has 1 heterocycles. The Balaban J connectivity index is 1.82. The Hall–Kier alpha value is -2.44. The molecule has 180 valence electrons. The predicted molar refractivity (Wildman–Crippen MR) is 128 cm³/mol. The molecule has 0 saturated carbocycles. The fraction of sp³-hybridized carbons (Fsp3) is 0.556. The van der Waals surface area contributed by atoms with Crippen LogP contribution in [0.5, 0.6) is 5.75 Å². The van der Waals surface area contributed by atoms with Gasteiger partial charge in [0.1, 0.15) is 5.75 Å². The van der Waals surface area contributed by atoms with Gasteiger partial charge in [0.25, 0.3) is 0 Å². The Kier molecular flexibility index (Phi) is 8.49. The molecule has 2 amide bonds. The van der Waals surface area contributed by atoms with Crippen molar-refractivity contribution in [1.29, 1.82) is 0 Å². The number of carbonyl (C=O) groups excluding carboxylic acids is 2. The minimum absolute atomic E-state index is 0.127. The fourth-order valence-electron chi connectivity index (χ4n) is 5.50. The molecule has 0 aromatic heterocycles. The number of hydrogen-bond acceptors (Lipinski definition) is 5. The smallest absolute Gasteiger partial charge is 0.233 e. The van der Waals surface area contributed by atoms with E-state index in [1.807, 2.05) is 26.0 Å². The summed E-state index contributed by atoms with van der Waals surface area (Å²) in [7, 11) is 0. The van der Waals surface area contributed by atoms with Crippen LogP contribution >= 0.6 is 0 Å². The molecule has 4 atom stereocenters. The number of rotatable bonds is 10. The molecule has 0 radical (unpaired) electrons. The maximum atomic E-state index is 13.1. The number of carbonyl (C=O) groups is 2. The highest BCUT2D eigenvalue weighted by Crippen LogP contribution is 2.47. The van der Waals surface area contributed by atoms with Crippen molar-refractivity contribution in [3.63, 3.8) is 0 Å². The second kappa shape index (κ2) is 11.1. The van der Waals surface area contributed by atoms with E-state index in [9.17, 15) is 24.9 Å². The van der Waals surface area contributed by atoms with Gasteiger partial charge in [-0.15, -0.1) is 0 Å². The molecule has 1 aliphatic carbocycles. The molecule has 0 spiro atoms. The van der Waals surface area contributed by atoms with Gasteiger partial charge in [-0.25, -0.2) is 0 Å². The zero-order valence-corrected chi connectivity index (χ0v) is 20.0. The van der Waals surface area contributed by atoms with E-state index in [0.29, 0.717) is 32.2 Å². The van der Waals surface area contributed by atoms with Crippen molar-refractivity contribution in [3.05, 3.63) is 46.5 Å². The van der Waals surface area contributed by atoms with Crippen molar-refractivity contribution in [2.24, 2.45) is 17.8 Å². The summed E-state index contributed by atoms with van der Waals surface area (Å²) in [5, 5.41) is 31.2. The number of likely N-dealkylation sites (tertiary alicyclic amines) is 1. The zero-order valence-electron chi connectivity index (χ0n) is 20.0. The minimum Gasteiger partial charge on any atom is -0.508 e. The summed E-state index contributed by atoms with van der Waals surface area (Å²) in [6.07, 6.45) is 5.13. The highest BCUT2D eigenvalue weighted by Gasteiger charge is 2.54. The number of allylic oxidation sites excluding steroid dienone is 2. The number of aliphatic hydroxyl groups is 2. The number of imide groups is 1. The molecule has 1 fully saturated rings. The van der Waals surface area contributed by atoms with Gasteiger partial charge in [0.2, 0.25) is 11.8 Å². The molecule has 6 heteroatoms. The minimum atomic E-state index is -0.777. The van der Waals surface area contributed by atoms with Gasteiger partial charge in [-0.1, -0.05) is 49.6 Å². The van der Waals surface area contributed by atoms with Gasteiger partial charge in [-0.2, -0.15) is 0 Å². The number of fused-ring (bicyclic) bond motifs is 1. The number of phenolic OH excluding ortho intramolecular Hbond substituents is 1. The Morgan fingerprint density at radius 2 is 1.97 bits per heavy atom. The maximum Gasteiger partial charge on any atom is 0.233 e. The lowest BCUT2D eigenvalue weighted by Gasteiger charge is -2.36. The average molecular weight is 456 g/mol. The lowest BCUT2D eigenvalue weighted by atomic mass is 9.67. The van der Waals surface area contributed by atoms with Crippen LogP contribution in [0.25, 0.3) is 6.08 Å². The third kappa shape index (κ3) is 5.39. The van der Waals surface area contributed by atoms with E-state index in [0.717, 1.165) is 35.1 Å². The van der Waals surface area contributed by atoms with Crippen LogP contribution in [-0.4, -0.2) is 51.3 Å². The fourth-order valence-corrected chi connectivity index (χ4v) is 5.50. The molecule has 3 N–H and O–H groups in total. The van der Waals surface area contributed by atoms with Crippen molar-refractivity contribution in [2.45, 2.75) is 65.4 Å². The van der Waals surface area contributed by atoms with E-state index in [1.165, 1.54) is 4.90 Å². The van der Waals surface area contributed by atoms with Crippen LogP contribution in [0.15, 0.2) is 41.0 Å². The summed E-state index contributed by atoms with van der Waals surface area (Å²) >= 11 is 0. The topological polar surface area (TPSA) is 98.1 Å². The zero-order chi connectivity index (χ0) is 24.1. The Bertz CT molecular complexity index is 934. The number of aliphatic hydroxyl groups excluding tert-OH is 2. The molecule has 2 aliphatic rings. The van der Waals surface area contributed by atoms with Crippen molar-refractivity contribution in [1.82, 2.24) is 4.90 Å². The summed E-state index contributed by atoms with van der Waals surface area (Å²) in [6, 6.07) is 7.02. The molecule has 3 rings (SSSR count). The van der Waals surface area contributed by atoms with Gasteiger partial charge in [0.15, 0.2) is 0 Å². The molecule has 1 aliphatic heterocycles. The number of amides is 2. The molecule has 0 bridgehead atoms. The second-order valence-electron chi connectivity index (χ2n) is 9.40. The van der Waals surface area contributed by atoms with E-state index in [4.69, 9.17) is 0 Å². The highest BCUT2D eigenvalue weighted by atomic mass is 16.3. The first-order valence-electron chi connectivity index (χ1n) is 12.1. The average Bonchev–Trinajstić information content (AvgIpc) is 3.01. The first-order chi connectivity index (χ1) is 15.8. The normalized spacial score (nSPS) is 24.5. The van der Waals surface area contributed by atoms with Gasteiger partial charge in [0.05, 0.1) is 24.5 Å². The lowest BCUT2D eigenvalue weighted by molar-refractivity contribution is -0.140. The molecule has 1 aromatic carbocycles. The van der Waals surface area contributed by atoms with Crippen molar-refractivity contribution in [2.75, 3.05) is 13.2 Å². The van der Waals surface area contributed by atoms with Gasteiger partial charge in [-0.3, -0.25) is 14.5 Å². The molecule has 1 saturated heterocycles. The van der Waals surface area contributed by atoms with Crippen LogP contribution in [-0.2, 0) is 9.59 Å². The third-order valence-electron chi connectivity index (χ3n) is 6.93. The van der Waals surface area contributed by atoms with E-state index >= 15 is 0 Å². The van der Waals surface area contributed by atoms with E-state index < -0.39 is 23.9 Å². The van der Waals surface area contributed by atoms with Crippen LogP contribution in [0.4, 0.5) is 0 Å². The van der Waals surface area contributed by atoms with E-state index in [2.05, 4.69) is 6.92 Å². The molecule has 6 nitrogen and oxygen atoms in total. The van der Waals surface area contributed by atoms with Gasteiger partial charge in [0, 0.05) is 12.5 Å². The van der Waals surface area contributed by atoms with Gasteiger partial charge in [-0.05, 0) is 62.3 Å². The largest absolute Gasteiger partial charge is 0.508 e. The van der Waals surface area contributed by atoms with Crippen LogP contribution < -0.4 is 0 Å². The van der Waals surface area contributed by atoms with Crippen LogP contribution in [0.3, 0.4) is 0 Å². The molecular weight excluding hydrogens is 418 g/mol. The number of aromatic hydroxyl groups is 1. The molecule has 1 aromatic rings. The first kappa shape index (κ1) is 25.2. The first-order valence-corrected chi connectivity index (χ1v) is 12.1. The summed E-state index contributed by atoms with van der Waals surface area (Å²) < 4.78 is 0. The van der Waals surface area contributed by atoms with Gasteiger partial charge < -0.3 is 15.3 Å². The quantitative estimate of drug-likeness (QED) is 0.365. The Labute approximate surface area is 196 Å². The SMILES string of the molecule is CCCC1=C([C@H](O)CC/C(C)=C/c2cccc(O)c2)[C@H](CO)[C@@H]2C(=O)N(CCC)C(=O)[C@@H]2C1. The summed E-state index contributed by atoms with van der Waals surface area (Å²) in [4.78, 5) is 27.4. The number of phenols is 1. The van der Waals surface area contributed by atoms with Crippen molar-refractivity contribution < 1.29 is 24.9 Å². The Morgan fingerprint density at radius 1 is 1.21 bits per heavy atom. The van der Waals surface area contributed by atoms with Crippen LogP contribution in [0.2, 0.25) is 0 Å². The monoisotopic (exact) mass is 455 g/mol. The van der Waals surface area contributed by atoms with Crippen LogP contribution in [0, 0.1) is 17.8 Å². The van der Waals surface area contributed by atoms with E-state index in [-0.39, 0.29) is 24.2 Å². The molecular formula is C27H37NO5. The summed E-state index contributed by atoms with van der Waals surface area (Å²) in [5.74, 6) is -1.65. The summed E-state index contributed by atoms with van der Waals surface area (Å²) in [5.41, 5.74) is 3.75. The highest BCUT2D eigenvalue weighted by molar-refractivity contribution is 6.05. The standard InChI is InChI=1S/C27H37NO5/c1-4-7-19-15-21-25(27(33)28(12-5-2)26(21)32)22(16-29)24(19)23(31)11-10-17(3)13-18-8-6-9-20(30)14-18/h6,8-9,13-14,21-23,25,29-31H,4-5,7,10-12,15-16H2,1-3H3/b17-13+/t21-,22+,23-,25-/m1/s1. The Morgan fingerprint density at radius 3 is 2.61 bits per heavy atom. The van der Waals surface area contributed by atoms with Crippen LogP contribution in [0.1, 0.15) is 64.9 Å². The van der Waals surface area contributed by atoms with Gasteiger partial charge >= 0.3 is 0 Å². The summed E-state index contributed by atoms with van der Waals surface area (Å²) in [6.45, 7) is 6.14.